The van der Waals surface area contributed by atoms with Crippen molar-refractivity contribution in [1.82, 2.24) is 5.32 Å². The fourth-order valence-electron chi connectivity index (χ4n) is 3.96. The summed E-state index contributed by atoms with van der Waals surface area (Å²) in [6.07, 6.45) is 24.8. The third-order valence-electron chi connectivity index (χ3n) is 5.83. The molecule has 0 rings (SSSR count). The van der Waals surface area contributed by atoms with Crippen LogP contribution in [0, 0.1) is 0 Å². The van der Waals surface area contributed by atoms with E-state index in [0.29, 0.717) is 0 Å². The minimum atomic E-state index is 0.229. The number of aliphatic hydroxyl groups is 1. The van der Waals surface area contributed by atoms with Gasteiger partial charge in [-0.05, 0) is 19.8 Å². The summed E-state index contributed by atoms with van der Waals surface area (Å²) in [5.41, 5.74) is 0.229. The summed E-state index contributed by atoms with van der Waals surface area (Å²) in [6.45, 7) is 7.94. The van der Waals surface area contributed by atoms with Crippen LogP contribution in [0.25, 0.3) is 0 Å². The average Bonchev–Trinajstić information content (AvgIpc) is 2.64. The number of aliphatic hydroxyl groups excluding tert-OH is 1. The van der Waals surface area contributed by atoms with Gasteiger partial charge in [0.1, 0.15) is 0 Å². The van der Waals surface area contributed by atoms with Crippen LogP contribution in [-0.2, 0) is 0 Å². The standard InChI is InChI=1S/C24H51NO/c1-4-6-8-10-12-14-16-18-20-24(3,25-22-23-26)21-19-17-15-13-11-9-7-5-2/h25-26H,4-23H2,1-3H3. The van der Waals surface area contributed by atoms with Crippen LogP contribution >= 0.6 is 0 Å². The Morgan fingerprint density at radius 2 is 0.923 bits per heavy atom. The first kappa shape index (κ1) is 25.9. The van der Waals surface area contributed by atoms with Crippen molar-refractivity contribution < 1.29 is 5.11 Å². The van der Waals surface area contributed by atoms with Gasteiger partial charge in [-0.2, -0.15) is 0 Å². The van der Waals surface area contributed by atoms with E-state index in [9.17, 15) is 5.11 Å². The largest absolute Gasteiger partial charge is 0.395 e. The van der Waals surface area contributed by atoms with Gasteiger partial charge >= 0.3 is 0 Å². The monoisotopic (exact) mass is 369 g/mol. The number of nitrogens with one attached hydrogen (secondary N) is 1. The number of β-amino-alcohol motifs (C(OH)–C–C–N with tert-alkyl or cyclic N) is 1. The Balaban J connectivity index is 3.78. The van der Waals surface area contributed by atoms with E-state index in [0.717, 1.165) is 6.54 Å². The van der Waals surface area contributed by atoms with Crippen molar-refractivity contribution in [3.8, 4) is 0 Å². The van der Waals surface area contributed by atoms with E-state index in [1.807, 2.05) is 0 Å². The molecule has 2 N–H and O–H groups in total. The van der Waals surface area contributed by atoms with Gasteiger partial charge in [-0.3, -0.25) is 0 Å². The molecule has 0 bridgehead atoms. The normalized spacial score (nSPS) is 12.0. The predicted octanol–water partition coefficient (Wildman–Crippen LogP) is 7.39. The van der Waals surface area contributed by atoms with Gasteiger partial charge < -0.3 is 10.4 Å². The van der Waals surface area contributed by atoms with Crippen LogP contribution in [0.5, 0.6) is 0 Å². The fraction of sp³-hybridized carbons (Fsp3) is 1.00. The van der Waals surface area contributed by atoms with E-state index in [1.165, 1.54) is 116 Å². The molecule has 0 spiro atoms. The molecule has 0 saturated heterocycles. The average molecular weight is 370 g/mol. The molecule has 2 nitrogen and oxygen atoms in total. The molecule has 0 aliphatic rings. The molecule has 0 aromatic heterocycles. The third kappa shape index (κ3) is 17.3. The molecule has 0 fully saturated rings. The molecule has 0 heterocycles. The molecule has 0 radical (unpaired) electrons. The summed E-state index contributed by atoms with van der Waals surface area (Å²) in [4.78, 5) is 0. The lowest BCUT2D eigenvalue weighted by Gasteiger charge is -2.31. The van der Waals surface area contributed by atoms with Crippen LogP contribution in [0.3, 0.4) is 0 Å². The molecule has 0 unspecified atom stereocenters. The van der Waals surface area contributed by atoms with Crippen LogP contribution < -0.4 is 5.32 Å². The number of hydrogen-bond donors (Lipinski definition) is 2. The van der Waals surface area contributed by atoms with E-state index >= 15 is 0 Å². The van der Waals surface area contributed by atoms with Crippen molar-refractivity contribution >= 4 is 0 Å². The summed E-state index contributed by atoms with van der Waals surface area (Å²) in [5.74, 6) is 0. The zero-order valence-electron chi connectivity index (χ0n) is 18.6. The highest BCUT2D eigenvalue weighted by molar-refractivity contribution is 4.82. The minimum absolute atomic E-state index is 0.229. The summed E-state index contributed by atoms with van der Waals surface area (Å²) in [7, 11) is 0. The zero-order chi connectivity index (χ0) is 19.3. The first-order valence-electron chi connectivity index (χ1n) is 12.0. The van der Waals surface area contributed by atoms with Crippen molar-refractivity contribution in [2.24, 2.45) is 0 Å². The quantitative estimate of drug-likeness (QED) is 0.207. The SMILES string of the molecule is CCCCCCCCCCC(C)(CCCCCCCCCC)NCCO. The molecule has 0 atom stereocenters. The topological polar surface area (TPSA) is 32.3 Å². The number of unbranched alkanes of at least 4 members (excludes halogenated alkanes) is 14. The maximum Gasteiger partial charge on any atom is 0.0556 e. The lowest BCUT2D eigenvalue weighted by Crippen LogP contribution is -2.43. The van der Waals surface area contributed by atoms with Crippen LogP contribution in [0.15, 0.2) is 0 Å². The van der Waals surface area contributed by atoms with E-state index in [1.54, 1.807) is 0 Å². The van der Waals surface area contributed by atoms with Crippen molar-refractivity contribution in [2.45, 2.75) is 142 Å². The van der Waals surface area contributed by atoms with Gasteiger partial charge in [-0.1, -0.05) is 117 Å². The predicted molar refractivity (Wildman–Crippen MR) is 118 cm³/mol. The Morgan fingerprint density at radius 3 is 1.27 bits per heavy atom. The Labute approximate surface area is 165 Å². The second kappa shape index (κ2) is 19.7. The second-order valence-corrected chi connectivity index (χ2v) is 8.66. The van der Waals surface area contributed by atoms with Crippen molar-refractivity contribution in [2.75, 3.05) is 13.2 Å². The van der Waals surface area contributed by atoms with Gasteiger partial charge in [0, 0.05) is 12.1 Å². The highest BCUT2D eigenvalue weighted by atomic mass is 16.3. The molecular weight excluding hydrogens is 318 g/mol. The molecule has 0 amide bonds. The van der Waals surface area contributed by atoms with Crippen LogP contribution in [0.2, 0.25) is 0 Å². The molecule has 0 aromatic carbocycles. The van der Waals surface area contributed by atoms with Crippen molar-refractivity contribution in [1.29, 1.82) is 0 Å². The van der Waals surface area contributed by atoms with Gasteiger partial charge in [-0.15, -0.1) is 0 Å². The van der Waals surface area contributed by atoms with E-state index in [-0.39, 0.29) is 12.1 Å². The van der Waals surface area contributed by atoms with Gasteiger partial charge in [0.05, 0.1) is 6.61 Å². The van der Waals surface area contributed by atoms with Gasteiger partial charge in [0.2, 0.25) is 0 Å². The molecular formula is C24H51NO. The van der Waals surface area contributed by atoms with E-state index in [2.05, 4.69) is 26.1 Å². The molecule has 2 heteroatoms. The molecule has 26 heavy (non-hydrogen) atoms. The van der Waals surface area contributed by atoms with Crippen LogP contribution in [-0.4, -0.2) is 23.8 Å². The second-order valence-electron chi connectivity index (χ2n) is 8.66. The molecule has 158 valence electrons. The van der Waals surface area contributed by atoms with Crippen LogP contribution in [0.1, 0.15) is 136 Å². The minimum Gasteiger partial charge on any atom is -0.395 e. The Kier molecular flexibility index (Phi) is 19.6. The first-order chi connectivity index (χ1) is 12.7. The fourth-order valence-corrected chi connectivity index (χ4v) is 3.96. The Hall–Kier alpha value is -0.0800. The highest BCUT2D eigenvalue weighted by Gasteiger charge is 2.22. The Morgan fingerprint density at radius 1 is 0.577 bits per heavy atom. The van der Waals surface area contributed by atoms with Crippen molar-refractivity contribution in [3.05, 3.63) is 0 Å². The lowest BCUT2D eigenvalue weighted by molar-refractivity contribution is 0.236. The molecule has 0 aromatic rings. The number of hydrogen-bond acceptors (Lipinski definition) is 2. The number of rotatable bonds is 21. The van der Waals surface area contributed by atoms with E-state index < -0.39 is 0 Å². The van der Waals surface area contributed by atoms with Crippen molar-refractivity contribution in [3.63, 3.8) is 0 Å². The van der Waals surface area contributed by atoms with E-state index in [4.69, 9.17) is 0 Å². The lowest BCUT2D eigenvalue weighted by atomic mass is 9.88. The molecule has 0 aliphatic carbocycles. The first-order valence-corrected chi connectivity index (χ1v) is 12.0. The third-order valence-corrected chi connectivity index (χ3v) is 5.83. The zero-order valence-corrected chi connectivity index (χ0v) is 18.6. The van der Waals surface area contributed by atoms with Gasteiger partial charge in [0.25, 0.3) is 0 Å². The maximum absolute atomic E-state index is 9.19. The molecule has 0 aliphatic heterocycles. The summed E-state index contributed by atoms with van der Waals surface area (Å²) < 4.78 is 0. The maximum atomic E-state index is 9.19. The highest BCUT2D eigenvalue weighted by Crippen LogP contribution is 2.23. The van der Waals surface area contributed by atoms with Crippen LogP contribution in [0.4, 0.5) is 0 Å². The smallest absolute Gasteiger partial charge is 0.0556 e. The summed E-state index contributed by atoms with van der Waals surface area (Å²) in [6, 6.07) is 0. The molecule has 0 saturated carbocycles. The summed E-state index contributed by atoms with van der Waals surface area (Å²) >= 11 is 0. The van der Waals surface area contributed by atoms with Gasteiger partial charge in [-0.25, -0.2) is 0 Å². The Bertz CT molecular complexity index is 247. The summed E-state index contributed by atoms with van der Waals surface area (Å²) in [5, 5.41) is 12.8. The van der Waals surface area contributed by atoms with Gasteiger partial charge in [0.15, 0.2) is 0 Å².